The maximum Gasteiger partial charge on any atom is 0.137 e. The molecule has 192 valence electrons. The molecule has 0 unspecified atom stereocenters. The second-order valence-corrected chi connectivity index (χ2v) is 10.0. The lowest BCUT2D eigenvalue weighted by molar-refractivity contribution is -0.118. The second kappa shape index (κ2) is 11.2. The monoisotopic (exact) mass is 508 g/mol. The first-order valence-electron chi connectivity index (χ1n) is 12.9. The number of rotatable bonds is 9. The number of carbonyl (C=O) groups is 1. The van der Waals surface area contributed by atoms with Crippen molar-refractivity contribution in [2.24, 2.45) is 5.73 Å². The molecule has 0 aliphatic heterocycles. The van der Waals surface area contributed by atoms with E-state index in [0.29, 0.717) is 24.9 Å². The van der Waals surface area contributed by atoms with Crippen LogP contribution in [-0.2, 0) is 24.2 Å². The zero-order valence-corrected chi connectivity index (χ0v) is 21.4. The van der Waals surface area contributed by atoms with Crippen LogP contribution in [0, 0.1) is 18.6 Å². The zero-order valence-electron chi connectivity index (χ0n) is 21.4. The summed E-state index contributed by atoms with van der Waals surface area (Å²) in [5.41, 5.74) is 14.5. The van der Waals surface area contributed by atoms with E-state index in [2.05, 4.69) is 12.1 Å². The highest BCUT2D eigenvalue weighted by atomic mass is 19.1. The lowest BCUT2D eigenvalue weighted by Gasteiger charge is -2.20. The number of allylic oxidation sites excluding steroid dienone is 2. The van der Waals surface area contributed by atoms with Crippen LogP contribution in [0.2, 0.25) is 0 Å². The topological polar surface area (TPSA) is 56.0 Å². The molecular formula is C33H30F2N2O. The van der Waals surface area contributed by atoms with E-state index >= 15 is 0 Å². The number of fused-ring (bicyclic) bond motifs is 1. The molecule has 1 aliphatic carbocycles. The molecule has 0 saturated carbocycles. The normalized spacial score (nSPS) is 13.2. The predicted octanol–water partition coefficient (Wildman–Crippen LogP) is 7.11. The Bertz CT molecular complexity index is 1490. The van der Waals surface area contributed by atoms with Crippen LogP contribution in [0.5, 0.6) is 0 Å². The van der Waals surface area contributed by atoms with Crippen LogP contribution in [0.4, 0.5) is 8.78 Å². The average molecular weight is 509 g/mol. The van der Waals surface area contributed by atoms with Gasteiger partial charge in [0.2, 0.25) is 0 Å². The van der Waals surface area contributed by atoms with Crippen molar-refractivity contribution >= 4 is 11.4 Å². The summed E-state index contributed by atoms with van der Waals surface area (Å²) in [6, 6.07) is 21.7. The molecule has 0 spiro atoms. The number of hydrogen-bond donors (Lipinski definition) is 1. The summed E-state index contributed by atoms with van der Waals surface area (Å²) in [6.07, 6.45) is 5.42. The maximum absolute atomic E-state index is 14.1. The van der Waals surface area contributed by atoms with Gasteiger partial charge < -0.3 is 5.73 Å². The van der Waals surface area contributed by atoms with Gasteiger partial charge in [0.15, 0.2) is 0 Å². The van der Waals surface area contributed by atoms with Gasteiger partial charge in [-0.15, -0.1) is 0 Å². The molecule has 5 heteroatoms. The first-order chi connectivity index (χ1) is 18.4. The quantitative estimate of drug-likeness (QED) is 0.262. The molecule has 0 radical (unpaired) electrons. The van der Waals surface area contributed by atoms with E-state index in [1.54, 1.807) is 6.20 Å². The van der Waals surface area contributed by atoms with E-state index in [-0.39, 0.29) is 18.1 Å². The summed E-state index contributed by atoms with van der Waals surface area (Å²) in [6.45, 7) is 2.51. The Hall–Kier alpha value is -3.96. The number of Topliss-reactive ketones (excluding diaryl/α,β-unsaturated/α-hetero) is 1. The lowest BCUT2D eigenvalue weighted by atomic mass is 9.85. The molecule has 1 atom stereocenters. The van der Waals surface area contributed by atoms with Gasteiger partial charge in [0.25, 0.3) is 0 Å². The number of carbonyl (C=O) groups excluding carboxylic acids is 1. The molecule has 2 N–H and O–H groups in total. The van der Waals surface area contributed by atoms with Gasteiger partial charge in [0.05, 0.1) is 5.69 Å². The van der Waals surface area contributed by atoms with E-state index in [4.69, 9.17) is 10.7 Å². The standard InChI is InChI=1S/C33H30F2N2O/c1-21-4-7-24(8-5-21)32-3-2-12-37-33(32)27(14-23-15-28(34)19-29(35)16-23)18-30(38)17-26-10-9-25-13-22(20-36)6-11-31(25)26/h2-8,10-13,15-16,19,27H,9,14,17-18,20,36H2,1H3/t27-/m1/s1. The smallest absolute Gasteiger partial charge is 0.137 e. The highest BCUT2D eigenvalue weighted by molar-refractivity contribution is 5.92. The van der Waals surface area contributed by atoms with Crippen LogP contribution in [0.1, 0.15) is 52.3 Å². The fourth-order valence-electron chi connectivity index (χ4n) is 5.33. The highest BCUT2D eigenvalue weighted by Gasteiger charge is 2.24. The number of halogens is 2. The fraction of sp³-hybridized carbons (Fsp3) is 0.212. The molecule has 38 heavy (non-hydrogen) atoms. The van der Waals surface area contributed by atoms with Gasteiger partial charge in [-0.3, -0.25) is 9.78 Å². The minimum atomic E-state index is -0.630. The van der Waals surface area contributed by atoms with Gasteiger partial charge >= 0.3 is 0 Å². The van der Waals surface area contributed by atoms with Gasteiger partial charge in [-0.05, 0) is 71.4 Å². The van der Waals surface area contributed by atoms with Crippen molar-refractivity contribution in [1.29, 1.82) is 0 Å². The van der Waals surface area contributed by atoms with Crippen LogP contribution in [0.25, 0.3) is 16.7 Å². The minimum absolute atomic E-state index is 0.0642. The Balaban J connectivity index is 1.45. The van der Waals surface area contributed by atoms with Crippen LogP contribution in [-0.4, -0.2) is 10.8 Å². The summed E-state index contributed by atoms with van der Waals surface area (Å²) < 4.78 is 28.1. The van der Waals surface area contributed by atoms with Crippen molar-refractivity contribution in [3.63, 3.8) is 0 Å². The number of nitrogens with zero attached hydrogens (tertiary/aromatic N) is 1. The maximum atomic E-state index is 14.1. The number of aryl methyl sites for hydroxylation is 1. The molecule has 1 aliphatic rings. The number of aromatic nitrogens is 1. The van der Waals surface area contributed by atoms with E-state index in [0.717, 1.165) is 51.6 Å². The molecule has 0 amide bonds. The van der Waals surface area contributed by atoms with Gasteiger partial charge in [-0.1, -0.05) is 60.2 Å². The van der Waals surface area contributed by atoms with Crippen molar-refractivity contribution < 1.29 is 13.6 Å². The van der Waals surface area contributed by atoms with Gasteiger partial charge in [-0.25, -0.2) is 8.78 Å². The van der Waals surface area contributed by atoms with Crippen molar-refractivity contribution in [3.8, 4) is 11.1 Å². The molecule has 3 nitrogen and oxygen atoms in total. The lowest BCUT2D eigenvalue weighted by Crippen LogP contribution is -2.13. The number of hydrogen-bond acceptors (Lipinski definition) is 3. The van der Waals surface area contributed by atoms with Crippen LogP contribution < -0.4 is 5.73 Å². The molecule has 0 bridgehead atoms. The Labute approximate surface area is 222 Å². The average Bonchev–Trinajstić information content (AvgIpc) is 3.29. The summed E-state index contributed by atoms with van der Waals surface area (Å²) in [7, 11) is 0. The van der Waals surface area contributed by atoms with Gasteiger partial charge in [-0.2, -0.15) is 0 Å². The summed E-state index contributed by atoms with van der Waals surface area (Å²) in [4.78, 5) is 18.2. The molecular weight excluding hydrogens is 478 g/mol. The summed E-state index contributed by atoms with van der Waals surface area (Å²) >= 11 is 0. The molecule has 0 saturated heterocycles. The largest absolute Gasteiger partial charge is 0.326 e. The van der Waals surface area contributed by atoms with E-state index < -0.39 is 11.6 Å². The van der Waals surface area contributed by atoms with Crippen molar-refractivity contribution in [2.75, 3.05) is 0 Å². The van der Waals surface area contributed by atoms with Crippen LogP contribution in [0.3, 0.4) is 0 Å². The van der Waals surface area contributed by atoms with E-state index in [1.165, 1.54) is 17.7 Å². The molecule has 5 rings (SSSR count). The number of nitrogens with two attached hydrogens (primary N) is 1. The third-order valence-corrected chi connectivity index (χ3v) is 7.17. The Morgan fingerprint density at radius 3 is 2.45 bits per heavy atom. The van der Waals surface area contributed by atoms with E-state index in [9.17, 15) is 13.6 Å². The minimum Gasteiger partial charge on any atom is -0.326 e. The Kier molecular flexibility index (Phi) is 7.57. The van der Waals surface area contributed by atoms with Crippen molar-refractivity contribution in [1.82, 2.24) is 4.98 Å². The van der Waals surface area contributed by atoms with E-state index in [1.807, 2.05) is 55.5 Å². The van der Waals surface area contributed by atoms with Gasteiger partial charge in [0, 0.05) is 43.1 Å². The third-order valence-electron chi connectivity index (χ3n) is 7.17. The Morgan fingerprint density at radius 1 is 0.947 bits per heavy atom. The number of pyridine rings is 1. The first-order valence-corrected chi connectivity index (χ1v) is 12.9. The van der Waals surface area contributed by atoms with Gasteiger partial charge in [0.1, 0.15) is 17.4 Å². The first kappa shape index (κ1) is 25.7. The molecule has 0 fully saturated rings. The predicted molar refractivity (Wildman–Crippen MR) is 147 cm³/mol. The van der Waals surface area contributed by atoms with Crippen LogP contribution >= 0.6 is 0 Å². The number of benzene rings is 3. The summed E-state index contributed by atoms with van der Waals surface area (Å²) in [5.74, 6) is -1.54. The summed E-state index contributed by atoms with van der Waals surface area (Å²) in [5, 5.41) is 0. The van der Waals surface area contributed by atoms with Crippen molar-refractivity contribution in [3.05, 3.63) is 130 Å². The molecule has 1 heterocycles. The Morgan fingerprint density at radius 2 is 1.71 bits per heavy atom. The fourth-order valence-corrected chi connectivity index (χ4v) is 5.33. The molecule has 4 aromatic rings. The van der Waals surface area contributed by atoms with Crippen LogP contribution in [0.15, 0.2) is 85.1 Å². The molecule has 3 aromatic carbocycles. The SMILES string of the molecule is Cc1ccc(-c2cccnc2[C@@H](CC(=O)CC2=CCc3cc(CN)ccc32)Cc2cc(F)cc(F)c2)cc1. The highest BCUT2D eigenvalue weighted by Crippen LogP contribution is 2.35. The van der Waals surface area contributed by atoms with Crippen molar-refractivity contribution in [2.45, 2.75) is 45.1 Å². The second-order valence-electron chi connectivity index (χ2n) is 10.0. The molecule has 1 aromatic heterocycles. The zero-order chi connectivity index (χ0) is 26.6. The third kappa shape index (κ3) is 5.79. The number of ketones is 1.